The van der Waals surface area contributed by atoms with Crippen molar-refractivity contribution in [3.8, 4) is 0 Å². The number of rotatable bonds is 4. The van der Waals surface area contributed by atoms with Crippen LogP contribution in [0.5, 0.6) is 0 Å². The number of benzene rings is 1. The first-order chi connectivity index (χ1) is 8.69. The Morgan fingerprint density at radius 3 is 2.67 bits per heavy atom. The Hall–Kier alpha value is -1.55. The third-order valence-electron chi connectivity index (χ3n) is 2.71. The average Bonchev–Trinajstić information content (AvgIpc) is 2.37. The summed E-state index contributed by atoms with van der Waals surface area (Å²) >= 11 is 1.74. The van der Waals surface area contributed by atoms with Crippen LogP contribution in [0.2, 0.25) is 0 Å². The van der Waals surface area contributed by atoms with Crippen LogP contribution in [0.15, 0.2) is 35.4 Å². The second kappa shape index (κ2) is 5.87. The summed E-state index contributed by atoms with van der Waals surface area (Å²) in [4.78, 5) is 8.73. The number of aryl methyl sites for hydroxylation is 2. The van der Waals surface area contributed by atoms with Crippen molar-refractivity contribution in [1.29, 1.82) is 0 Å². The Kier molecular flexibility index (Phi) is 4.20. The highest BCUT2D eigenvalue weighted by atomic mass is 32.2. The molecule has 0 fully saturated rings. The molecule has 0 spiro atoms. The molecule has 0 saturated carbocycles. The van der Waals surface area contributed by atoms with Crippen molar-refractivity contribution >= 4 is 17.6 Å². The molecule has 1 aromatic heterocycles. The molecular formula is C14H17N3S. The van der Waals surface area contributed by atoms with Crippen molar-refractivity contribution in [2.45, 2.75) is 24.6 Å². The Bertz CT molecular complexity index is 540. The van der Waals surface area contributed by atoms with E-state index in [2.05, 4.69) is 46.5 Å². The van der Waals surface area contributed by atoms with Crippen LogP contribution in [-0.4, -0.2) is 17.0 Å². The van der Waals surface area contributed by atoms with Gasteiger partial charge in [0.25, 0.3) is 0 Å². The van der Waals surface area contributed by atoms with Gasteiger partial charge in [0.15, 0.2) is 0 Å². The maximum Gasteiger partial charge on any atom is 0.130 e. The Labute approximate surface area is 112 Å². The lowest BCUT2D eigenvalue weighted by molar-refractivity contribution is 0.969. The minimum Gasteiger partial charge on any atom is -0.373 e. The summed E-state index contributed by atoms with van der Waals surface area (Å²) in [5, 5.41) is 4.06. The van der Waals surface area contributed by atoms with Gasteiger partial charge in [0.2, 0.25) is 0 Å². The van der Waals surface area contributed by atoms with E-state index in [-0.39, 0.29) is 0 Å². The number of hydrogen-bond acceptors (Lipinski definition) is 4. The molecule has 0 amide bonds. The van der Waals surface area contributed by atoms with Gasteiger partial charge < -0.3 is 5.32 Å². The predicted octanol–water partition coefficient (Wildman–Crippen LogP) is 3.43. The Balaban J connectivity index is 2.11. The molecule has 0 bridgehead atoms. The predicted molar refractivity (Wildman–Crippen MR) is 77.1 cm³/mol. The smallest absolute Gasteiger partial charge is 0.130 e. The highest BCUT2D eigenvalue weighted by Gasteiger charge is 2.03. The summed E-state index contributed by atoms with van der Waals surface area (Å²) in [6, 6.07) is 10.4. The zero-order valence-corrected chi connectivity index (χ0v) is 11.7. The van der Waals surface area contributed by atoms with Crippen molar-refractivity contribution < 1.29 is 0 Å². The van der Waals surface area contributed by atoms with Crippen molar-refractivity contribution in [3.05, 3.63) is 47.3 Å². The maximum absolute atomic E-state index is 4.44. The minimum absolute atomic E-state index is 0.800. The zero-order valence-electron chi connectivity index (χ0n) is 10.9. The van der Waals surface area contributed by atoms with E-state index in [1.165, 1.54) is 11.1 Å². The number of thioether (sulfide) groups is 1. The van der Waals surface area contributed by atoms with Crippen molar-refractivity contribution in [2.75, 3.05) is 12.4 Å². The number of aromatic nitrogens is 2. The van der Waals surface area contributed by atoms with E-state index >= 15 is 0 Å². The van der Waals surface area contributed by atoms with Gasteiger partial charge in [-0.1, -0.05) is 24.3 Å². The van der Waals surface area contributed by atoms with Crippen LogP contribution in [0.3, 0.4) is 0 Å². The lowest BCUT2D eigenvalue weighted by Gasteiger charge is -2.07. The zero-order chi connectivity index (χ0) is 13.0. The minimum atomic E-state index is 0.800. The Morgan fingerprint density at radius 2 is 1.94 bits per heavy atom. The fourth-order valence-corrected chi connectivity index (χ4v) is 2.68. The van der Waals surface area contributed by atoms with Gasteiger partial charge in [0.1, 0.15) is 16.7 Å². The van der Waals surface area contributed by atoms with Gasteiger partial charge in [-0.15, -0.1) is 11.8 Å². The van der Waals surface area contributed by atoms with E-state index < -0.39 is 0 Å². The molecule has 0 aliphatic carbocycles. The average molecular weight is 259 g/mol. The molecule has 0 atom stereocenters. The number of anilines is 1. The van der Waals surface area contributed by atoms with Gasteiger partial charge in [-0.3, -0.25) is 0 Å². The molecule has 0 radical (unpaired) electrons. The van der Waals surface area contributed by atoms with E-state index in [1.807, 2.05) is 20.0 Å². The van der Waals surface area contributed by atoms with Gasteiger partial charge in [0.05, 0.1) is 0 Å². The van der Waals surface area contributed by atoms with Gasteiger partial charge in [0, 0.05) is 18.9 Å². The monoisotopic (exact) mass is 259 g/mol. The molecular weight excluding hydrogens is 242 g/mol. The van der Waals surface area contributed by atoms with E-state index in [0.29, 0.717) is 0 Å². The van der Waals surface area contributed by atoms with Gasteiger partial charge in [-0.25, -0.2) is 9.97 Å². The van der Waals surface area contributed by atoms with Gasteiger partial charge >= 0.3 is 0 Å². The fraction of sp³-hybridized carbons (Fsp3) is 0.286. The van der Waals surface area contributed by atoms with Crippen molar-refractivity contribution in [2.24, 2.45) is 0 Å². The first kappa shape index (κ1) is 12.9. The summed E-state index contributed by atoms with van der Waals surface area (Å²) in [6.45, 7) is 4.05. The third-order valence-corrected chi connectivity index (χ3v) is 3.67. The van der Waals surface area contributed by atoms with Crippen LogP contribution in [0.25, 0.3) is 0 Å². The number of nitrogens with zero attached hydrogens (tertiary/aromatic N) is 2. The molecule has 18 heavy (non-hydrogen) atoms. The van der Waals surface area contributed by atoms with Crippen LogP contribution in [-0.2, 0) is 5.75 Å². The van der Waals surface area contributed by atoms with E-state index in [9.17, 15) is 0 Å². The summed E-state index contributed by atoms with van der Waals surface area (Å²) in [5.41, 5.74) is 2.68. The molecule has 0 aliphatic heterocycles. The first-order valence-electron chi connectivity index (χ1n) is 5.90. The van der Waals surface area contributed by atoms with Crippen LogP contribution in [0.1, 0.15) is 17.0 Å². The van der Waals surface area contributed by atoms with E-state index in [1.54, 1.807) is 11.8 Å². The van der Waals surface area contributed by atoms with Gasteiger partial charge in [-0.2, -0.15) is 0 Å². The molecule has 0 aliphatic rings. The molecule has 1 aromatic carbocycles. The van der Waals surface area contributed by atoms with Crippen LogP contribution < -0.4 is 5.32 Å². The number of nitrogens with one attached hydrogen (secondary N) is 1. The largest absolute Gasteiger partial charge is 0.373 e. The molecule has 0 unspecified atom stereocenters. The summed E-state index contributed by atoms with van der Waals surface area (Å²) < 4.78 is 0. The lowest BCUT2D eigenvalue weighted by Crippen LogP contribution is -1.97. The summed E-state index contributed by atoms with van der Waals surface area (Å²) in [7, 11) is 1.87. The summed E-state index contributed by atoms with van der Waals surface area (Å²) in [5.74, 6) is 2.61. The molecule has 1 heterocycles. The molecule has 4 heteroatoms. The van der Waals surface area contributed by atoms with Crippen LogP contribution >= 0.6 is 11.8 Å². The van der Waals surface area contributed by atoms with E-state index in [0.717, 1.165) is 22.4 Å². The van der Waals surface area contributed by atoms with Crippen molar-refractivity contribution in [1.82, 2.24) is 9.97 Å². The quantitative estimate of drug-likeness (QED) is 0.674. The maximum atomic E-state index is 4.44. The number of hydrogen-bond donors (Lipinski definition) is 1. The fourth-order valence-electron chi connectivity index (χ4n) is 1.67. The third kappa shape index (κ3) is 3.23. The lowest BCUT2D eigenvalue weighted by atomic mass is 10.1. The molecule has 0 saturated heterocycles. The van der Waals surface area contributed by atoms with Crippen molar-refractivity contribution in [3.63, 3.8) is 0 Å². The first-order valence-corrected chi connectivity index (χ1v) is 6.88. The van der Waals surface area contributed by atoms with Gasteiger partial charge in [-0.05, 0) is 25.0 Å². The second-order valence-electron chi connectivity index (χ2n) is 4.10. The Morgan fingerprint density at radius 1 is 1.17 bits per heavy atom. The molecule has 3 nitrogen and oxygen atoms in total. The normalized spacial score (nSPS) is 10.4. The van der Waals surface area contributed by atoms with E-state index in [4.69, 9.17) is 0 Å². The van der Waals surface area contributed by atoms with Crippen LogP contribution in [0.4, 0.5) is 5.82 Å². The molecule has 2 aromatic rings. The summed E-state index contributed by atoms with van der Waals surface area (Å²) in [6.07, 6.45) is 0. The SMILES string of the molecule is CNc1cc(SCc2ccccc2C)nc(C)n1. The second-order valence-corrected chi connectivity index (χ2v) is 5.10. The molecule has 94 valence electrons. The highest BCUT2D eigenvalue weighted by Crippen LogP contribution is 2.24. The molecule has 2 rings (SSSR count). The molecule has 1 N–H and O–H groups in total. The topological polar surface area (TPSA) is 37.8 Å². The van der Waals surface area contributed by atoms with Crippen LogP contribution in [0, 0.1) is 13.8 Å². The standard InChI is InChI=1S/C14H17N3S/c1-10-6-4-5-7-12(10)9-18-14-8-13(15-3)16-11(2)17-14/h4-8H,9H2,1-3H3,(H,15,16,17). The highest BCUT2D eigenvalue weighted by molar-refractivity contribution is 7.98.